The Morgan fingerprint density at radius 1 is 1.33 bits per heavy atom. The standard InChI is InChI=1S/C14H23NO3/c1-4-14(3,10-16)15-9-11-7-6-8-12(13(11)17)18-5-2/h6-8,15-17H,4-5,9-10H2,1-3H3. The fraction of sp³-hybridized carbons (Fsp3) is 0.571. The smallest absolute Gasteiger partial charge is 0.162 e. The van der Waals surface area contributed by atoms with Gasteiger partial charge in [-0.3, -0.25) is 0 Å². The zero-order valence-corrected chi connectivity index (χ0v) is 11.4. The molecular weight excluding hydrogens is 230 g/mol. The van der Waals surface area contributed by atoms with E-state index in [4.69, 9.17) is 4.74 Å². The van der Waals surface area contributed by atoms with Crippen LogP contribution in [0, 0.1) is 0 Å². The molecule has 0 aliphatic carbocycles. The molecule has 0 saturated heterocycles. The lowest BCUT2D eigenvalue weighted by Gasteiger charge is -2.27. The molecule has 0 bridgehead atoms. The van der Waals surface area contributed by atoms with Gasteiger partial charge in [-0.25, -0.2) is 0 Å². The molecule has 18 heavy (non-hydrogen) atoms. The zero-order valence-electron chi connectivity index (χ0n) is 11.4. The first kappa shape index (κ1) is 14.8. The van der Waals surface area contributed by atoms with Crippen molar-refractivity contribution in [3.8, 4) is 11.5 Å². The average Bonchev–Trinajstić information content (AvgIpc) is 2.39. The van der Waals surface area contributed by atoms with Crippen LogP contribution in [0.1, 0.15) is 32.8 Å². The van der Waals surface area contributed by atoms with Crippen LogP contribution in [0.25, 0.3) is 0 Å². The maximum atomic E-state index is 10.0. The lowest BCUT2D eigenvalue weighted by atomic mass is 9.99. The average molecular weight is 253 g/mol. The second kappa shape index (κ2) is 6.61. The van der Waals surface area contributed by atoms with Crippen LogP contribution in [0.3, 0.4) is 0 Å². The number of ether oxygens (including phenoxy) is 1. The summed E-state index contributed by atoms with van der Waals surface area (Å²) in [5, 5.41) is 22.6. The van der Waals surface area contributed by atoms with Gasteiger partial charge in [-0.2, -0.15) is 0 Å². The first-order valence-electron chi connectivity index (χ1n) is 6.36. The van der Waals surface area contributed by atoms with Crippen molar-refractivity contribution < 1.29 is 14.9 Å². The maximum absolute atomic E-state index is 10.0. The van der Waals surface area contributed by atoms with Gasteiger partial charge in [-0.1, -0.05) is 19.1 Å². The van der Waals surface area contributed by atoms with Crippen LogP contribution in [-0.4, -0.2) is 29.0 Å². The fourth-order valence-corrected chi connectivity index (χ4v) is 1.58. The number of nitrogens with one attached hydrogen (secondary N) is 1. The van der Waals surface area contributed by atoms with E-state index in [0.29, 0.717) is 18.9 Å². The molecule has 0 radical (unpaired) electrons. The van der Waals surface area contributed by atoms with Crippen molar-refractivity contribution in [3.05, 3.63) is 23.8 Å². The minimum Gasteiger partial charge on any atom is -0.504 e. The van der Waals surface area contributed by atoms with Gasteiger partial charge in [-0.05, 0) is 26.3 Å². The largest absolute Gasteiger partial charge is 0.504 e. The molecule has 1 rings (SSSR count). The summed E-state index contributed by atoms with van der Waals surface area (Å²) in [5.41, 5.74) is 0.447. The molecule has 0 amide bonds. The quantitative estimate of drug-likeness (QED) is 0.696. The molecule has 0 heterocycles. The molecule has 0 aromatic heterocycles. The van der Waals surface area contributed by atoms with E-state index in [-0.39, 0.29) is 17.9 Å². The topological polar surface area (TPSA) is 61.7 Å². The summed E-state index contributed by atoms with van der Waals surface area (Å²) in [5.74, 6) is 0.669. The molecule has 1 aromatic rings. The summed E-state index contributed by atoms with van der Waals surface area (Å²) in [6, 6.07) is 5.44. The van der Waals surface area contributed by atoms with Gasteiger partial charge in [0.2, 0.25) is 0 Å². The molecule has 1 atom stereocenters. The Morgan fingerprint density at radius 2 is 2.06 bits per heavy atom. The molecule has 1 unspecified atom stereocenters. The van der Waals surface area contributed by atoms with Crippen molar-refractivity contribution in [3.63, 3.8) is 0 Å². The van der Waals surface area contributed by atoms with Crippen molar-refractivity contribution in [2.75, 3.05) is 13.2 Å². The molecule has 0 aliphatic heterocycles. The summed E-state index contributed by atoms with van der Waals surface area (Å²) in [7, 11) is 0. The summed E-state index contributed by atoms with van der Waals surface area (Å²) in [4.78, 5) is 0. The second-order valence-electron chi connectivity index (χ2n) is 4.62. The Kier molecular flexibility index (Phi) is 5.44. The fourth-order valence-electron chi connectivity index (χ4n) is 1.58. The highest BCUT2D eigenvalue weighted by Crippen LogP contribution is 2.30. The number of aromatic hydroxyl groups is 1. The SMILES string of the molecule is CCOc1cccc(CNC(C)(CC)CO)c1O. The van der Waals surface area contributed by atoms with E-state index in [9.17, 15) is 10.2 Å². The Balaban J connectivity index is 2.76. The van der Waals surface area contributed by atoms with Crippen LogP contribution in [0.2, 0.25) is 0 Å². The molecule has 0 aliphatic rings. The van der Waals surface area contributed by atoms with Crippen molar-refractivity contribution in [1.82, 2.24) is 5.32 Å². The van der Waals surface area contributed by atoms with Gasteiger partial charge in [0.15, 0.2) is 11.5 Å². The molecule has 4 nitrogen and oxygen atoms in total. The van der Waals surface area contributed by atoms with Gasteiger partial charge >= 0.3 is 0 Å². The number of hydrogen-bond donors (Lipinski definition) is 3. The summed E-state index contributed by atoms with van der Waals surface area (Å²) >= 11 is 0. The molecule has 1 aromatic carbocycles. The lowest BCUT2D eigenvalue weighted by Crippen LogP contribution is -2.44. The van der Waals surface area contributed by atoms with E-state index in [1.165, 1.54) is 0 Å². The van der Waals surface area contributed by atoms with Crippen LogP contribution in [0.5, 0.6) is 11.5 Å². The van der Waals surface area contributed by atoms with Crippen LogP contribution < -0.4 is 10.1 Å². The Hall–Kier alpha value is -1.26. The minimum absolute atomic E-state index is 0.0649. The molecule has 0 saturated carbocycles. The first-order chi connectivity index (χ1) is 8.56. The van der Waals surface area contributed by atoms with E-state index in [1.807, 2.05) is 32.9 Å². The van der Waals surface area contributed by atoms with Crippen molar-refractivity contribution >= 4 is 0 Å². The van der Waals surface area contributed by atoms with E-state index in [1.54, 1.807) is 6.07 Å². The highest BCUT2D eigenvalue weighted by molar-refractivity contribution is 5.45. The predicted molar refractivity (Wildman–Crippen MR) is 71.9 cm³/mol. The number of hydrogen-bond acceptors (Lipinski definition) is 4. The molecule has 3 N–H and O–H groups in total. The van der Waals surface area contributed by atoms with Crippen molar-refractivity contribution in [2.24, 2.45) is 0 Å². The van der Waals surface area contributed by atoms with E-state index in [2.05, 4.69) is 5.32 Å². The first-order valence-corrected chi connectivity index (χ1v) is 6.36. The summed E-state index contributed by atoms with van der Waals surface area (Å²) in [6.45, 7) is 6.93. The van der Waals surface area contributed by atoms with Crippen LogP contribution in [0.4, 0.5) is 0 Å². The van der Waals surface area contributed by atoms with Gasteiger partial charge in [0.05, 0.1) is 13.2 Å². The van der Waals surface area contributed by atoms with Gasteiger partial charge in [-0.15, -0.1) is 0 Å². The number of aliphatic hydroxyl groups is 1. The lowest BCUT2D eigenvalue weighted by molar-refractivity contribution is 0.168. The summed E-state index contributed by atoms with van der Waals surface area (Å²) in [6.07, 6.45) is 0.815. The molecular formula is C14H23NO3. The number of phenolic OH excluding ortho intramolecular Hbond substituents is 1. The van der Waals surface area contributed by atoms with Crippen LogP contribution >= 0.6 is 0 Å². The maximum Gasteiger partial charge on any atom is 0.162 e. The third kappa shape index (κ3) is 3.62. The Morgan fingerprint density at radius 3 is 2.61 bits per heavy atom. The molecule has 102 valence electrons. The van der Waals surface area contributed by atoms with Crippen molar-refractivity contribution in [1.29, 1.82) is 0 Å². The van der Waals surface area contributed by atoms with Gasteiger partial charge in [0, 0.05) is 17.6 Å². The minimum atomic E-state index is -0.325. The highest BCUT2D eigenvalue weighted by Gasteiger charge is 2.20. The van der Waals surface area contributed by atoms with Crippen molar-refractivity contribution in [2.45, 2.75) is 39.3 Å². The Labute approximate surface area is 109 Å². The van der Waals surface area contributed by atoms with Crippen LogP contribution in [-0.2, 0) is 6.54 Å². The third-order valence-corrected chi connectivity index (χ3v) is 3.22. The number of aliphatic hydroxyl groups excluding tert-OH is 1. The number of rotatable bonds is 7. The van der Waals surface area contributed by atoms with Gasteiger partial charge in [0.1, 0.15) is 0 Å². The van der Waals surface area contributed by atoms with E-state index in [0.717, 1.165) is 12.0 Å². The number of phenols is 1. The summed E-state index contributed by atoms with van der Waals surface area (Å²) < 4.78 is 5.33. The number of benzene rings is 1. The monoisotopic (exact) mass is 253 g/mol. The zero-order chi connectivity index (χ0) is 13.6. The predicted octanol–water partition coefficient (Wildman–Crippen LogP) is 2.04. The second-order valence-corrected chi connectivity index (χ2v) is 4.62. The highest BCUT2D eigenvalue weighted by atomic mass is 16.5. The number of para-hydroxylation sites is 1. The van der Waals surface area contributed by atoms with Gasteiger partial charge < -0.3 is 20.3 Å². The van der Waals surface area contributed by atoms with Crippen LogP contribution in [0.15, 0.2) is 18.2 Å². The van der Waals surface area contributed by atoms with E-state index < -0.39 is 0 Å². The molecule has 0 fully saturated rings. The normalized spacial score (nSPS) is 14.2. The molecule has 0 spiro atoms. The van der Waals surface area contributed by atoms with Gasteiger partial charge in [0.25, 0.3) is 0 Å². The van der Waals surface area contributed by atoms with E-state index >= 15 is 0 Å². The Bertz CT molecular complexity index is 375. The molecule has 4 heteroatoms. The third-order valence-electron chi connectivity index (χ3n) is 3.22.